The van der Waals surface area contributed by atoms with Gasteiger partial charge < -0.3 is 10.6 Å². The Hall–Kier alpha value is -2.62. The van der Waals surface area contributed by atoms with Crippen molar-refractivity contribution < 1.29 is 9.59 Å². The minimum atomic E-state index is -0.556. The Labute approximate surface area is 135 Å². The van der Waals surface area contributed by atoms with Gasteiger partial charge in [-0.3, -0.25) is 9.59 Å². The summed E-state index contributed by atoms with van der Waals surface area (Å²) < 4.78 is 0. The van der Waals surface area contributed by atoms with Gasteiger partial charge in [0.05, 0.1) is 5.41 Å². The lowest BCUT2D eigenvalue weighted by Crippen LogP contribution is -2.26. The van der Waals surface area contributed by atoms with Gasteiger partial charge >= 0.3 is 0 Å². The largest absolute Gasteiger partial charge is 0.325 e. The summed E-state index contributed by atoms with van der Waals surface area (Å²) in [5, 5.41) is 5.80. The summed E-state index contributed by atoms with van der Waals surface area (Å²) in [6.07, 6.45) is 0.852. The summed E-state index contributed by atoms with van der Waals surface area (Å²) >= 11 is 0. The highest BCUT2D eigenvalue weighted by Crippen LogP contribution is 2.37. The summed E-state index contributed by atoms with van der Waals surface area (Å²) in [6.45, 7) is 5.81. The van der Waals surface area contributed by atoms with E-state index in [1.54, 1.807) is 12.1 Å². The van der Waals surface area contributed by atoms with Crippen LogP contribution in [0.1, 0.15) is 42.3 Å². The van der Waals surface area contributed by atoms with Crippen LogP contribution < -0.4 is 10.6 Å². The van der Waals surface area contributed by atoms with Gasteiger partial charge in [-0.1, -0.05) is 31.2 Å². The van der Waals surface area contributed by atoms with Gasteiger partial charge in [0.1, 0.15) is 0 Å². The van der Waals surface area contributed by atoms with E-state index in [9.17, 15) is 9.59 Å². The number of benzene rings is 2. The van der Waals surface area contributed by atoms with Crippen LogP contribution in [0.15, 0.2) is 42.5 Å². The molecule has 23 heavy (non-hydrogen) atoms. The molecule has 0 fully saturated rings. The fourth-order valence-electron chi connectivity index (χ4n) is 2.88. The molecule has 2 N–H and O–H groups in total. The molecule has 118 valence electrons. The maximum Gasteiger partial charge on any atom is 0.255 e. The molecule has 2 aromatic carbocycles. The number of aryl methyl sites for hydroxylation is 1. The van der Waals surface area contributed by atoms with Crippen LogP contribution in [0.3, 0.4) is 0 Å². The molecule has 0 saturated heterocycles. The minimum absolute atomic E-state index is 0.0404. The highest BCUT2D eigenvalue weighted by atomic mass is 16.2. The number of amides is 2. The fraction of sp³-hybridized carbons (Fsp3) is 0.263. The number of anilines is 2. The molecule has 0 saturated carbocycles. The summed E-state index contributed by atoms with van der Waals surface area (Å²) in [5.74, 6) is -0.214. The average Bonchev–Trinajstić information content (AvgIpc) is 2.77. The third-order valence-corrected chi connectivity index (χ3v) is 4.42. The van der Waals surface area contributed by atoms with Gasteiger partial charge in [-0.25, -0.2) is 0 Å². The monoisotopic (exact) mass is 308 g/mol. The van der Waals surface area contributed by atoms with E-state index in [1.807, 2.05) is 44.2 Å². The van der Waals surface area contributed by atoms with Gasteiger partial charge in [0.15, 0.2) is 0 Å². The number of carbonyl (C=O) groups is 2. The lowest BCUT2D eigenvalue weighted by Gasteiger charge is -2.15. The third kappa shape index (κ3) is 2.61. The molecule has 1 aliphatic rings. The molecule has 0 atom stereocenters. The summed E-state index contributed by atoms with van der Waals surface area (Å²) in [5.41, 5.74) is 3.54. The first-order valence-corrected chi connectivity index (χ1v) is 7.78. The highest BCUT2D eigenvalue weighted by molar-refractivity contribution is 6.09. The second-order valence-corrected chi connectivity index (χ2v) is 6.30. The second-order valence-electron chi connectivity index (χ2n) is 6.30. The standard InChI is InChI=1S/C19H20N2O2/c1-4-12-7-5-6-8-15(12)20-17(22)13-9-10-14-16(11-13)21-18(23)19(14,2)3/h5-11H,4H2,1-3H3,(H,20,22)(H,21,23). The van der Waals surface area contributed by atoms with Crippen molar-refractivity contribution >= 4 is 23.2 Å². The number of nitrogens with one attached hydrogen (secondary N) is 2. The maximum atomic E-state index is 12.5. The fourth-order valence-corrected chi connectivity index (χ4v) is 2.88. The van der Waals surface area contributed by atoms with Crippen molar-refractivity contribution in [1.29, 1.82) is 0 Å². The van der Waals surface area contributed by atoms with Crippen LogP contribution in [-0.2, 0) is 16.6 Å². The van der Waals surface area contributed by atoms with Gasteiger partial charge in [0.2, 0.25) is 5.91 Å². The highest BCUT2D eigenvalue weighted by Gasteiger charge is 2.38. The molecule has 2 aromatic rings. The number of hydrogen-bond acceptors (Lipinski definition) is 2. The van der Waals surface area contributed by atoms with E-state index >= 15 is 0 Å². The number of fused-ring (bicyclic) bond motifs is 1. The predicted molar refractivity (Wildman–Crippen MR) is 91.9 cm³/mol. The van der Waals surface area contributed by atoms with Crippen LogP contribution >= 0.6 is 0 Å². The Morgan fingerprint density at radius 3 is 2.65 bits per heavy atom. The Balaban J connectivity index is 1.88. The van der Waals surface area contributed by atoms with E-state index in [1.165, 1.54) is 0 Å². The third-order valence-electron chi connectivity index (χ3n) is 4.42. The van der Waals surface area contributed by atoms with Gasteiger partial charge in [0, 0.05) is 16.9 Å². The van der Waals surface area contributed by atoms with Crippen LogP contribution in [-0.4, -0.2) is 11.8 Å². The van der Waals surface area contributed by atoms with Crippen molar-refractivity contribution in [2.75, 3.05) is 10.6 Å². The first-order valence-electron chi connectivity index (χ1n) is 7.78. The van der Waals surface area contributed by atoms with Crippen LogP contribution in [0, 0.1) is 0 Å². The zero-order chi connectivity index (χ0) is 16.6. The van der Waals surface area contributed by atoms with Crippen LogP contribution in [0.2, 0.25) is 0 Å². The number of rotatable bonds is 3. The molecule has 4 nitrogen and oxygen atoms in total. The molecular formula is C19H20N2O2. The van der Waals surface area contributed by atoms with Crippen LogP contribution in [0.25, 0.3) is 0 Å². The van der Waals surface area contributed by atoms with Crippen molar-refractivity contribution in [3.63, 3.8) is 0 Å². The molecule has 0 aliphatic carbocycles. The van der Waals surface area contributed by atoms with Crippen molar-refractivity contribution in [3.05, 3.63) is 59.2 Å². The normalized spacial score (nSPS) is 15.0. The molecular weight excluding hydrogens is 288 g/mol. The Morgan fingerprint density at radius 1 is 1.17 bits per heavy atom. The Morgan fingerprint density at radius 2 is 1.91 bits per heavy atom. The van der Waals surface area contributed by atoms with E-state index in [-0.39, 0.29) is 11.8 Å². The Bertz CT molecular complexity index is 794. The summed E-state index contributed by atoms with van der Waals surface area (Å²) in [6, 6.07) is 13.1. The van der Waals surface area contributed by atoms with E-state index in [0.717, 1.165) is 28.9 Å². The van der Waals surface area contributed by atoms with Crippen molar-refractivity contribution in [2.45, 2.75) is 32.6 Å². The smallest absolute Gasteiger partial charge is 0.255 e. The first kappa shape index (κ1) is 15.3. The maximum absolute atomic E-state index is 12.5. The van der Waals surface area contributed by atoms with Gasteiger partial charge in [0.25, 0.3) is 5.91 Å². The quantitative estimate of drug-likeness (QED) is 0.907. The topological polar surface area (TPSA) is 58.2 Å². The zero-order valence-electron chi connectivity index (χ0n) is 13.6. The van der Waals surface area contributed by atoms with E-state index < -0.39 is 5.41 Å². The van der Waals surface area contributed by atoms with Crippen molar-refractivity contribution in [3.8, 4) is 0 Å². The SMILES string of the molecule is CCc1ccccc1NC(=O)c1ccc2c(c1)NC(=O)C2(C)C. The molecule has 4 heteroatoms. The van der Waals surface area contributed by atoms with Crippen molar-refractivity contribution in [1.82, 2.24) is 0 Å². The molecule has 2 amide bonds. The van der Waals surface area contributed by atoms with E-state index in [2.05, 4.69) is 17.6 Å². The van der Waals surface area contributed by atoms with Crippen LogP contribution in [0.5, 0.6) is 0 Å². The number of hydrogen-bond donors (Lipinski definition) is 2. The molecule has 0 radical (unpaired) electrons. The number of carbonyl (C=O) groups excluding carboxylic acids is 2. The summed E-state index contributed by atoms with van der Waals surface area (Å²) in [4.78, 5) is 24.5. The lowest BCUT2D eigenvalue weighted by atomic mass is 9.86. The predicted octanol–water partition coefficient (Wildman–Crippen LogP) is 3.73. The molecule has 0 spiro atoms. The molecule has 1 heterocycles. The minimum Gasteiger partial charge on any atom is -0.325 e. The molecule has 0 unspecified atom stereocenters. The Kier molecular flexibility index (Phi) is 3.68. The van der Waals surface area contributed by atoms with Crippen LogP contribution in [0.4, 0.5) is 11.4 Å². The molecule has 3 rings (SSSR count). The van der Waals surface area contributed by atoms with Gasteiger partial charge in [-0.2, -0.15) is 0 Å². The number of para-hydroxylation sites is 1. The van der Waals surface area contributed by atoms with E-state index in [0.29, 0.717) is 5.56 Å². The zero-order valence-corrected chi connectivity index (χ0v) is 13.6. The van der Waals surface area contributed by atoms with Gasteiger partial charge in [-0.15, -0.1) is 0 Å². The first-order chi connectivity index (χ1) is 10.9. The lowest BCUT2D eigenvalue weighted by molar-refractivity contribution is -0.119. The second kappa shape index (κ2) is 5.54. The average molecular weight is 308 g/mol. The van der Waals surface area contributed by atoms with E-state index in [4.69, 9.17) is 0 Å². The molecule has 0 bridgehead atoms. The van der Waals surface area contributed by atoms with Crippen molar-refractivity contribution in [2.24, 2.45) is 0 Å². The van der Waals surface area contributed by atoms with Gasteiger partial charge in [-0.05, 0) is 49.6 Å². The molecule has 0 aromatic heterocycles. The summed E-state index contributed by atoms with van der Waals surface area (Å²) in [7, 11) is 0. The molecule has 1 aliphatic heterocycles.